The number of hydrogen-bond acceptors (Lipinski definition) is 4. The van der Waals surface area contributed by atoms with Gasteiger partial charge in [-0.2, -0.15) is 11.8 Å². The summed E-state index contributed by atoms with van der Waals surface area (Å²) in [5.41, 5.74) is 0. The largest absolute Gasteiger partial charge is 0.480 e. The number of amides is 1. The zero-order valence-electron chi connectivity index (χ0n) is 10.8. The molecule has 18 heavy (non-hydrogen) atoms. The Labute approximate surface area is 112 Å². The molecule has 3 atom stereocenters. The van der Waals surface area contributed by atoms with Gasteiger partial charge in [-0.3, -0.25) is 4.79 Å². The first-order valence-electron chi connectivity index (χ1n) is 6.23. The van der Waals surface area contributed by atoms with Gasteiger partial charge in [0.15, 0.2) is 0 Å². The molecule has 0 bridgehead atoms. The summed E-state index contributed by atoms with van der Waals surface area (Å²) in [7, 11) is 0. The summed E-state index contributed by atoms with van der Waals surface area (Å²) in [6, 6.07) is -0.789. The summed E-state index contributed by atoms with van der Waals surface area (Å²) in [5, 5.41) is 11.7. The molecule has 0 radical (unpaired) electrons. The highest BCUT2D eigenvalue weighted by Crippen LogP contribution is 2.23. The molecule has 0 aromatic rings. The van der Waals surface area contributed by atoms with Gasteiger partial charge in [0.1, 0.15) is 6.04 Å². The summed E-state index contributed by atoms with van der Waals surface area (Å²) in [6.07, 6.45) is 3.76. The second kappa shape index (κ2) is 7.63. The zero-order chi connectivity index (χ0) is 13.5. The zero-order valence-corrected chi connectivity index (χ0v) is 11.7. The summed E-state index contributed by atoms with van der Waals surface area (Å²) >= 11 is 1.57. The average molecular weight is 275 g/mol. The van der Waals surface area contributed by atoms with Crippen molar-refractivity contribution in [3.05, 3.63) is 0 Å². The quantitative estimate of drug-likeness (QED) is 0.728. The van der Waals surface area contributed by atoms with Crippen LogP contribution >= 0.6 is 11.8 Å². The molecule has 1 rings (SSSR count). The first kappa shape index (κ1) is 15.3. The van der Waals surface area contributed by atoms with Crippen LogP contribution in [0.3, 0.4) is 0 Å². The minimum absolute atomic E-state index is 0.0694. The fourth-order valence-corrected chi connectivity index (χ4v) is 2.59. The Morgan fingerprint density at radius 1 is 1.56 bits per heavy atom. The summed E-state index contributed by atoms with van der Waals surface area (Å²) in [4.78, 5) is 23.1. The maximum absolute atomic E-state index is 12.0. The van der Waals surface area contributed by atoms with Gasteiger partial charge in [0.05, 0.1) is 12.0 Å². The number of aliphatic carboxylic acids is 1. The molecule has 0 saturated carbocycles. The van der Waals surface area contributed by atoms with E-state index >= 15 is 0 Å². The third-order valence-electron chi connectivity index (χ3n) is 3.17. The number of carboxylic acids is 1. The van der Waals surface area contributed by atoms with E-state index in [-0.39, 0.29) is 17.9 Å². The van der Waals surface area contributed by atoms with Gasteiger partial charge in [0.25, 0.3) is 0 Å². The minimum Gasteiger partial charge on any atom is -0.480 e. The third-order valence-corrected chi connectivity index (χ3v) is 3.82. The highest BCUT2D eigenvalue weighted by atomic mass is 32.2. The van der Waals surface area contributed by atoms with Crippen molar-refractivity contribution in [1.82, 2.24) is 5.32 Å². The van der Waals surface area contributed by atoms with E-state index in [1.807, 2.05) is 13.2 Å². The number of carboxylic acid groups (broad SMARTS) is 1. The van der Waals surface area contributed by atoms with E-state index in [0.717, 1.165) is 12.2 Å². The monoisotopic (exact) mass is 275 g/mol. The predicted octanol–water partition coefficient (Wildman–Crippen LogP) is 1.12. The minimum atomic E-state index is -0.968. The Bertz CT molecular complexity index is 298. The van der Waals surface area contributed by atoms with Crippen LogP contribution in [0.5, 0.6) is 0 Å². The maximum atomic E-state index is 12.0. The highest BCUT2D eigenvalue weighted by molar-refractivity contribution is 7.98. The Morgan fingerprint density at radius 2 is 2.28 bits per heavy atom. The number of thioether (sulfide) groups is 1. The normalized spacial score (nSPS) is 24.8. The molecule has 1 heterocycles. The fraction of sp³-hybridized carbons (Fsp3) is 0.833. The number of ether oxygens (including phenoxy) is 1. The first-order chi connectivity index (χ1) is 8.60. The van der Waals surface area contributed by atoms with E-state index in [9.17, 15) is 9.59 Å². The first-order valence-corrected chi connectivity index (χ1v) is 7.63. The molecule has 1 aliphatic rings. The number of carbonyl (C=O) groups excluding carboxylic acids is 1. The number of rotatable bonds is 7. The van der Waals surface area contributed by atoms with Crippen LogP contribution in [-0.4, -0.2) is 47.7 Å². The molecule has 104 valence electrons. The van der Waals surface area contributed by atoms with Crippen LogP contribution in [0, 0.1) is 5.92 Å². The molecule has 1 saturated heterocycles. The molecular weight excluding hydrogens is 254 g/mol. The molecule has 2 N–H and O–H groups in total. The van der Waals surface area contributed by atoms with Crippen LogP contribution in [-0.2, 0) is 14.3 Å². The number of carbonyl (C=O) groups is 2. The second-order valence-electron chi connectivity index (χ2n) is 4.39. The molecule has 1 amide bonds. The smallest absolute Gasteiger partial charge is 0.326 e. The molecule has 0 aromatic heterocycles. The van der Waals surface area contributed by atoms with E-state index in [0.29, 0.717) is 19.4 Å². The summed E-state index contributed by atoms with van der Waals surface area (Å²) in [6.45, 7) is 2.55. The lowest BCUT2D eigenvalue weighted by atomic mass is 9.98. The lowest BCUT2D eigenvalue weighted by Crippen LogP contribution is -2.45. The van der Waals surface area contributed by atoms with Crippen LogP contribution in [0.4, 0.5) is 0 Å². The van der Waals surface area contributed by atoms with Gasteiger partial charge in [-0.15, -0.1) is 0 Å². The van der Waals surface area contributed by atoms with Gasteiger partial charge < -0.3 is 15.2 Å². The molecule has 6 heteroatoms. The molecule has 2 unspecified atom stereocenters. The second-order valence-corrected chi connectivity index (χ2v) is 5.38. The van der Waals surface area contributed by atoms with Gasteiger partial charge in [0, 0.05) is 6.61 Å². The average Bonchev–Trinajstić information content (AvgIpc) is 2.82. The molecule has 1 fully saturated rings. The van der Waals surface area contributed by atoms with Crippen molar-refractivity contribution < 1.29 is 19.4 Å². The summed E-state index contributed by atoms with van der Waals surface area (Å²) in [5.74, 6) is -0.640. The topological polar surface area (TPSA) is 75.6 Å². The Hall–Kier alpha value is -0.750. The van der Waals surface area contributed by atoms with E-state index in [2.05, 4.69) is 5.32 Å². The van der Waals surface area contributed by atoms with E-state index in [1.165, 1.54) is 0 Å². The number of nitrogens with one attached hydrogen (secondary N) is 1. The van der Waals surface area contributed by atoms with Crippen LogP contribution in [0.15, 0.2) is 0 Å². The van der Waals surface area contributed by atoms with Crippen LogP contribution in [0.2, 0.25) is 0 Å². The number of hydrogen-bond donors (Lipinski definition) is 2. The standard InChI is InChI=1S/C12H21NO4S/c1-3-10-8(4-6-17-10)11(14)13-9(12(15)16)5-7-18-2/h8-10H,3-7H2,1-2H3,(H,13,14)(H,15,16)/t8?,9-,10?/m0/s1. The van der Waals surface area contributed by atoms with Crippen LogP contribution in [0.1, 0.15) is 26.2 Å². The molecule has 1 aliphatic heterocycles. The molecule has 0 spiro atoms. The van der Waals surface area contributed by atoms with Crippen molar-refractivity contribution in [3.63, 3.8) is 0 Å². The summed E-state index contributed by atoms with van der Waals surface area (Å²) < 4.78 is 5.45. The molecule has 0 aromatic carbocycles. The van der Waals surface area contributed by atoms with E-state index in [1.54, 1.807) is 11.8 Å². The van der Waals surface area contributed by atoms with Crippen molar-refractivity contribution in [1.29, 1.82) is 0 Å². The lowest BCUT2D eigenvalue weighted by molar-refractivity contribution is -0.142. The van der Waals surface area contributed by atoms with E-state index < -0.39 is 12.0 Å². The van der Waals surface area contributed by atoms with Crippen molar-refractivity contribution in [2.24, 2.45) is 5.92 Å². The van der Waals surface area contributed by atoms with Gasteiger partial charge in [-0.25, -0.2) is 4.79 Å². The van der Waals surface area contributed by atoms with Gasteiger partial charge in [0.2, 0.25) is 5.91 Å². The van der Waals surface area contributed by atoms with Gasteiger partial charge in [-0.1, -0.05) is 6.92 Å². The van der Waals surface area contributed by atoms with Crippen LogP contribution in [0.25, 0.3) is 0 Å². The fourth-order valence-electron chi connectivity index (χ4n) is 2.12. The van der Waals surface area contributed by atoms with Crippen molar-refractivity contribution in [3.8, 4) is 0 Å². The highest BCUT2D eigenvalue weighted by Gasteiger charge is 2.34. The van der Waals surface area contributed by atoms with Crippen molar-refractivity contribution in [2.75, 3.05) is 18.6 Å². The van der Waals surface area contributed by atoms with Crippen molar-refractivity contribution in [2.45, 2.75) is 38.3 Å². The Balaban J connectivity index is 2.52. The van der Waals surface area contributed by atoms with Crippen molar-refractivity contribution >= 4 is 23.6 Å². The maximum Gasteiger partial charge on any atom is 0.326 e. The van der Waals surface area contributed by atoms with Crippen LogP contribution < -0.4 is 5.32 Å². The Kier molecular flexibility index (Phi) is 6.49. The SMILES string of the molecule is CCC1OCCC1C(=O)N[C@@H](CCSC)C(=O)O. The molecule has 5 nitrogen and oxygen atoms in total. The predicted molar refractivity (Wildman–Crippen MR) is 70.7 cm³/mol. The van der Waals surface area contributed by atoms with Gasteiger partial charge >= 0.3 is 5.97 Å². The lowest BCUT2D eigenvalue weighted by Gasteiger charge is -2.20. The van der Waals surface area contributed by atoms with Gasteiger partial charge in [-0.05, 0) is 31.3 Å². The third kappa shape index (κ3) is 4.17. The molecule has 0 aliphatic carbocycles. The van der Waals surface area contributed by atoms with E-state index in [4.69, 9.17) is 9.84 Å². The Morgan fingerprint density at radius 3 is 2.83 bits per heavy atom. The molecular formula is C12H21NO4S.